The molecule has 0 radical (unpaired) electrons. The molecular weight excluding hydrogens is 230 g/mol. The Morgan fingerprint density at radius 3 is 2.67 bits per heavy atom. The number of pyridine rings is 1. The number of fused-ring (bicyclic) bond motifs is 1. The van der Waals surface area contributed by atoms with Crippen molar-refractivity contribution in [2.24, 2.45) is 0 Å². The number of hydrogen-bond donors (Lipinski definition) is 0. The number of nitrogens with zero attached hydrogens (tertiary/aromatic N) is 1. The van der Waals surface area contributed by atoms with Crippen molar-refractivity contribution in [3.05, 3.63) is 46.2 Å². The minimum absolute atomic E-state index is 0.303. The summed E-state index contributed by atoms with van der Waals surface area (Å²) in [6.45, 7) is 3.57. The molecule has 1 unspecified atom stereocenters. The number of rotatable bonds is 3. The first-order valence-corrected chi connectivity index (χ1v) is 5.88. The summed E-state index contributed by atoms with van der Waals surface area (Å²) in [7, 11) is 0. The largest absolute Gasteiger partial charge is 0.548 e. The lowest BCUT2D eigenvalue weighted by atomic mass is 10.1. The van der Waals surface area contributed by atoms with E-state index in [1.807, 2.05) is 19.1 Å². The van der Waals surface area contributed by atoms with Gasteiger partial charge in [-0.05, 0) is 25.0 Å². The molecule has 0 aliphatic heterocycles. The lowest BCUT2D eigenvalue weighted by molar-refractivity contribution is -0.310. The Labute approximate surface area is 104 Å². The highest BCUT2D eigenvalue weighted by Gasteiger charge is 2.15. The zero-order chi connectivity index (χ0) is 13.3. The molecule has 94 valence electrons. The van der Waals surface area contributed by atoms with Gasteiger partial charge in [0.25, 0.3) is 5.56 Å². The van der Waals surface area contributed by atoms with Crippen LogP contribution in [-0.2, 0) is 4.79 Å². The van der Waals surface area contributed by atoms with E-state index in [1.165, 1.54) is 10.6 Å². The number of carbonyl (C=O) groups is 1. The molecule has 4 heteroatoms. The quantitative estimate of drug-likeness (QED) is 0.809. The van der Waals surface area contributed by atoms with Crippen molar-refractivity contribution >= 4 is 16.9 Å². The maximum absolute atomic E-state index is 12.0. The molecule has 0 fully saturated rings. The maximum atomic E-state index is 12.0. The van der Waals surface area contributed by atoms with Crippen LogP contribution in [0.2, 0.25) is 0 Å². The number of carbonyl (C=O) groups excluding carboxylic acids is 1. The highest BCUT2D eigenvalue weighted by atomic mass is 16.4. The molecule has 1 atom stereocenters. The Balaban J connectivity index is 2.85. The summed E-state index contributed by atoms with van der Waals surface area (Å²) in [6, 6.07) is 7.83. The zero-order valence-corrected chi connectivity index (χ0v) is 10.3. The summed E-state index contributed by atoms with van der Waals surface area (Å²) in [6.07, 6.45) is 0.315. The Hall–Kier alpha value is -2.10. The Morgan fingerprint density at radius 2 is 2.06 bits per heavy atom. The van der Waals surface area contributed by atoms with Crippen molar-refractivity contribution < 1.29 is 9.90 Å². The Morgan fingerprint density at radius 1 is 1.39 bits per heavy atom. The van der Waals surface area contributed by atoms with Crippen LogP contribution in [0.3, 0.4) is 0 Å². The van der Waals surface area contributed by atoms with Gasteiger partial charge in [-0.25, -0.2) is 0 Å². The standard InChI is InChI=1S/C14H15NO3/c1-3-11(14(17)18)15-12-7-5-4-6-10(12)9(2)8-13(15)16/h4-8,11H,3H2,1-2H3,(H,17,18)/p-1. The molecule has 1 heterocycles. The number of para-hydroxylation sites is 1. The van der Waals surface area contributed by atoms with Gasteiger partial charge in [0, 0.05) is 11.5 Å². The Kier molecular flexibility index (Phi) is 3.19. The van der Waals surface area contributed by atoms with Gasteiger partial charge in [0.15, 0.2) is 0 Å². The monoisotopic (exact) mass is 244 g/mol. The van der Waals surface area contributed by atoms with Crippen LogP contribution in [-0.4, -0.2) is 10.5 Å². The molecular formula is C14H14NO3-. The summed E-state index contributed by atoms with van der Waals surface area (Å²) < 4.78 is 1.30. The molecule has 1 aromatic carbocycles. The minimum atomic E-state index is -1.23. The lowest BCUT2D eigenvalue weighted by Gasteiger charge is -2.22. The van der Waals surface area contributed by atoms with Crippen LogP contribution in [0.5, 0.6) is 0 Å². The number of aliphatic carboxylic acids is 1. The van der Waals surface area contributed by atoms with E-state index in [-0.39, 0.29) is 5.56 Å². The first kappa shape index (κ1) is 12.4. The number of aromatic nitrogens is 1. The van der Waals surface area contributed by atoms with E-state index >= 15 is 0 Å². The van der Waals surface area contributed by atoms with Crippen LogP contribution >= 0.6 is 0 Å². The molecule has 0 bridgehead atoms. The molecule has 0 aliphatic rings. The molecule has 1 aromatic heterocycles. The van der Waals surface area contributed by atoms with Gasteiger partial charge in [-0.15, -0.1) is 0 Å². The van der Waals surface area contributed by atoms with Crippen molar-refractivity contribution in [3.8, 4) is 0 Å². The molecule has 2 rings (SSSR count). The summed E-state index contributed by atoms with van der Waals surface area (Å²) in [5, 5.41) is 12.0. The number of carboxylic acids is 1. The molecule has 0 N–H and O–H groups in total. The van der Waals surface area contributed by atoms with Gasteiger partial charge in [-0.2, -0.15) is 0 Å². The first-order valence-electron chi connectivity index (χ1n) is 5.88. The van der Waals surface area contributed by atoms with Gasteiger partial charge < -0.3 is 9.90 Å². The first-order chi connectivity index (χ1) is 8.56. The second-order valence-corrected chi connectivity index (χ2v) is 4.30. The molecule has 0 saturated heterocycles. The minimum Gasteiger partial charge on any atom is -0.548 e. The number of hydrogen-bond acceptors (Lipinski definition) is 3. The van der Waals surface area contributed by atoms with Crippen molar-refractivity contribution in [3.63, 3.8) is 0 Å². The SMILES string of the molecule is CCC(C(=O)[O-])n1c(=O)cc(C)c2ccccc21. The van der Waals surface area contributed by atoms with Crippen LogP contribution in [0.15, 0.2) is 35.1 Å². The average Bonchev–Trinajstić information content (AvgIpc) is 2.34. The van der Waals surface area contributed by atoms with Gasteiger partial charge >= 0.3 is 0 Å². The molecule has 0 amide bonds. The van der Waals surface area contributed by atoms with E-state index in [1.54, 1.807) is 19.1 Å². The van der Waals surface area contributed by atoms with E-state index in [0.717, 1.165) is 10.9 Å². The number of benzene rings is 1. The fourth-order valence-corrected chi connectivity index (χ4v) is 2.24. The van der Waals surface area contributed by atoms with Crippen molar-refractivity contribution in [1.29, 1.82) is 0 Å². The van der Waals surface area contributed by atoms with Crippen LogP contribution < -0.4 is 10.7 Å². The topological polar surface area (TPSA) is 62.1 Å². The molecule has 0 saturated carbocycles. The van der Waals surface area contributed by atoms with Gasteiger partial charge in [-0.3, -0.25) is 9.36 Å². The fourth-order valence-electron chi connectivity index (χ4n) is 2.24. The lowest BCUT2D eigenvalue weighted by Crippen LogP contribution is -2.38. The third-order valence-electron chi connectivity index (χ3n) is 3.14. The van der Waals surface area contributed by atoms with Gasteiger partial charge in [0.1, 0.15) is 0 Å². The number of aryl methyl sites for hydroxylation is 1. The van der Waals surface area contributed by atoms with Crippen LogP contribution in [0, 0.1) is 6.92 Å². The summed E-state index contributed by atoms with van der Waals surface area (Å²) in [5.41, 5.74) is 1.18. The maximum Gasteiger partial charge on any atom is 0.251 e. The molecule has 0 aliphatic carbocycles. The zero-order valence-electron chi connectivity index (χ0n) is 10.3. The van der Waals surface area contributed by atoms with E-state index in [4.69, 9.17) is 0 Å². The average molecular weight is 244 g/mol. The van der Waals surface area contributed by atoms with Crippen molar-refractivity contribution in [2.75, 3.05) is 0 Å². The molecule has 18 heavy (non-hydrogen) atoms. The van der Waals surface area contributed by atoms with Gasteiger partial charge in [0.05, 0.1) is 17.5 Å². The highest BCUT2D eigenvalue weighted by molar-refractivity contribution is 5.84. The third-order valence-corrected chi connectivity index (χ3v) is 3.14. The van der Waals surface area contributed by atoms with Crippen molar-refractivity contribution in [2.45, 2.75) is 26.3 Å². The molecule has 4 nitrogen and oxygen atoms in total. The van der Waals surface area contributed by atoms with Gasteiger partial charge in [0.2, 0.25) is 0 Å². The van der Waals surface area contributed by atoms with Crippen LogP contribution in [0.1, 0.15) is 24.9 Å². The molecule has 0 spiro atoms. The van der Waals surface area contributed by atoms with E-state index in [9.17, 15) is 14.7 Å². The second kappa shape index (κ2) is 4.64. The fraction of sp³-hybridized carbons (Fsp3) is 0.286. The van der Waals surface area contributed by atoms with Crippen molar-refractivity contribution in [1.82, 2.24) is 4.57 Å². The molecule has 2 aromatic rings. The number of carboxylic acid groups (broad SMARTS) is 1. The summed E-state index contributed by atoms with van der Waals surface area (Å²) in [5.74, 6) is -1.23. The third kappa shape index (κ3) is 1.90. The summed E-state index contributed by atoms with van der Waals surface area (Å²) >= 11 is 0. The predicted octanol–water partition coefficient (Wildman–Crippen LogP) is 1.01. The van der Waals surface area contributed by atoms with E-state index in [0.29, 0.717) is 11.9 Å². The Bertz CT molecular complexity index is 658. The predicted molar refractivity (Wildman–Crippen MR) is 67.3 cm³/mol. The summed E-state index contributed by atoms with van der Waals surface area (Å²) in [4.78, 5) is 23.2. The normalized spacial score (nSPS) is 12.6. The van der Waals surface area contributed by atoms with Gasteiger partial charge in [-0.1, -0.05) is 25.1 Å². The van der Waals surface area contributed by atoms with E-state index in [2.05, 4.69) is 0 Å². The van der Waals surface area contributed by atoms with E-state index < -0.39 is 12.0 Å². The highest BCUT2D eigenvalue weighted by Crippen LogP contribution is 2.20. The smallest absolute Gasteiger partial charge is 0.251 e. The van der Waals surface area contributed by atoms with Crippen LogP contribution in [0.25, 0.3) is 10.9 Å². The van der Waals surface area contributed by atoms with Crippen LogP contribution in [0.4, 0.5) is 0 Å². The second-order valence-electron chi connectivity index (χ2n) is 4.30.